The molecule has 5 nitrogen and oxygen atoms in total. The Hall–Kier alpha value is -1.52. The molecule has 0 spiro atoms. The molecule has 0 aromatic rings. The number of carbonyl (C=O) groups excluding carboxylic acids is 3. The zero-order valence-corrected chi connectivity index (χ0v) is 12.2. The van der Waals surface area contributed by atoms with E-state index < -0.39 is 5.97 Å². The summed E-state index contributed by atoms with van der Waals surface area (Å²) in [6.45, 7) is 0. The van der Waals surface area contributed by atoms with Crippen molar-refractivity contribution >= 4 is 29.6 Å². The highest BCUT2D eigenvalue weighted by atomic mass is 32.2. The molecule has 20 heavy (non-hydrogen) atoms. The van der Waals surface area contributed by atoms with Crippen LogP contribution in [0.25, 0.3) is 0 Å². The van der Waals surface area contributed by atoms with Crippen LogP contribution >= 0.6 is 11.8 Å². The maximum absolute atomic E-state index is 11.8. The molecule has 1 N–H and O–H groups in total. The lowest BCUT2D eigenvalue weighted by molar-refractivity contribution is -0.142. The zero-order chi connectivity index (χ0) is 14.5. The average molecular weight is 295 g/mol. The van der Waals surface area contributed by atoms with E-state index in [9.17, 15) is 14.4 Å². The number of thioether (sulfide) groups is 1. The summed E-state index contributed by atoms with van der Waals surface area (Å²) in [5.41, 5.74) is 1.63. The predicted octanol–water partition coefficient (Wildman–Crippen LogP) is 1.71. The molecule has 2 rings (SSSR count). The molecule has 1 heterocycles. The molecule has 108 valence electrons. The van der Waals surface area contributed by atoms with E-state index in [2.05, 4.69) is 10.1 Å². The van der Waals surface area contributed by atoms with Crippen LogP contribution in [0.3, 0.4) is 0 Å². The van der Waals surface area contributed by atoms with Gasteiger partial charge in [-0.3, -0.25) is 9.59 Å². The van der Waals surface area contributed by atoms with Gasteiger partial charge in [-0.2, -0.15) is 0 Å². The number of ether oxygens (including phenoxy) is 1. The summed E-state index contributed by atoms with van der Waals surface area (Å²) in [4.78, 5) is 35.1. The quantitative estimate of drug-likeness (QED) is 0.631. The van der Waals surface area contributed by atoms with Crippen molar-refractivity contribution in [3.8, 4) is 0 Å². The number of methoxy groups -OCH3 is 1. The Bertz CT molecular complexity index is 505. The van der Waals surface area contributed by atoms with Crippen LogP contribution in [0, 0.1) is 0 Å². The topological polar surface area (TPSA) is 72.5 Å². The second-order valence-electron chi connectivity index (χ2n) is 4.77. The van der Waals surface area contributed by atoms with Crippen molar-refractivity contribution in [2.75, 3.05) is 7.11 Å². The Balaban J connectivity index is 1.93. The third kappa shape index (κ3) is 3.32. The van der Waals surface area contributed by atoms with Crippen LogP contribution in [0.15, 0.2) is 16.1 Å². The fourth-order valence-electron chi connectivity index (χ4n) is 2.40. The smallest absolute Gasteiger partial charge is 0.306 e. The van der Waals surface area contributed by atoms with Crippen LogP contribution in [-0.2, 0) is 19.1 Å². The SMILES string of the molecule is COC(=O)CCC(=O)NC1SC2=C(CCCC2)C1=C=O. The lowest BCUT2D eigenvalue weighted by atomic mass is 9.94. The first-order valence-corrected chi connectivity index (χ1v) is 7.54. The van der Waals surface area contributed by atoms with Crippen molar-refractivity contribution in [2.24, 2.45) is 0 Å². The van der Waals surface area contributed by atoms with Crippen molar-refractivity contribution in [1.29, 1.82) is 0 Å². The first-order valence-electron chi connectivity index (χ1n) is 6.66. The molecule has 0 saturated carbocycles. The molecule has 1 atom stereocenters. The molecule has 2 aliphatic rings. The molecule has 0 aromatic heterocycles. The monoisotopic (exact) mass is 295 g/mol. The van der Waals surface area contributed by atoms with Crippen LogP contribution < -0.4 is 5.32 Å². The lowest BCUT2D eigenvalue weighted by Crippen LogP contribution is -2.33. The predicted molar refractivity (Wildman–Crippen MR) is 75.5 cm³/mol. The molecule has 0 bridgehead atoms. The van der Waals surface area contributed by atoms with Gasteiger partial charge in [-0.1, -0.05) is 11.8 Å². The van der Waals surface area contributed by atoms with Gasteiger partial charge in [0, 0.05) is 6.42 Å². The number of hydrogen-bond donors (Lipinski definition) is 1. The van der Waals surface area contributed by atoms with Crippen molar-refractivity contribution in [1.82, 2.24) is 5.32 Å². The van der Waals surface area contributed by atoms with Crippen LogP contribution in [0.5, 0.6) is 0 Å². The number of allylic oxidation sites excluding steroid dienone is 1. The summed E-state index contributed by atoms with van der Waals surface area (Å²) >= 11 is 1.53. The van der Waals surface area contributed by atoms with Crippen LogP contribution in [-0.4, -0.2) is 30.3 Å². The summed E-state index contributed by atoms with van der Waals surface area (Å²) < 4.78 is 4.49. The summed E-state index contributed by atoms with van der Waals surface area (Å²) in [5.74, 6) is 1.31. The van der Waals surface area contributed by atoms with Crippen LogP contribution in [0.4, 0.5) is 0 Å². The molecule has 0 aromatic carbocycles. The normalized spacial score (nSPS) is 21.2. The van der Waals surface area contributed by atoms with E-state index in [1.807, 2.05) is 5.94 Å². The highest BCUT2D eigenvalue weighted by Crippen LogP contribution is 2.46. The van der Waals surface area contributed by atoms with Gasteiger partial charge in [0.1, 0.15) is 11.3 Å². The molecule has 1 amide bonds. The maximum atomic E-state index is 11.8. The summed E-state index contributed by atoms with van der Waals surface area (Å²) in [6, 6.07) is 0. The Labute approximate surface area is 121 Å². The second kappa shape index (κ2) is 6.77. The van der Waals surface area contributed by atoms with Crippen molar-refractivity contribution in [3.05, 3.63) is 16.1 Å². The van der Waals surface area contributed by atoms with Crippen molar-refractivity contribution < 1.29 is 19.1 Å². The third-order valence-electron chi connectivity index (χ3n) is 3.45. The molecule has 1 unspecified atom stereocenters. The number of esters is 1. The molecular formula is C14H17NO4S. The molecule has 0 saturated heterocycles. The number of nitrogens with one attached hydrogen (secondary N) is 1. The van der Waals surface area contributed by atoms with Crippen LogP contribution in [0.1, 0.15) is 38.5 Å². The van der Waals surface area contributed by atoms with E-state index in [4.69, 9.17) is 0 Å². The van der Waals surface area contributed by atoms with E-state index in [-0.39, 0.29) is 24.1 Å². The minimum atomic E-state index is -0.414. The van der Waals surface area contributed by atoms with Gasteiger partial charge in [0.2, 0.25) is 5.91 Å². The first-order chi connectivity index (χ1) is 9.65. The molecule has 0 radical (unpaired) electrons. The summed E-state index contributed by atoms with van der Waals surface area (Å²) in [6.07, 6.45) is 4.18. The fraction of sp³-hybridized carbons (Fsp3) is 0.571. The Morgan fingerprint density at radius 3 is 2.80 bits per heavy atom. The van der Waals surface area contributed by atoms with E-state index in [1.165, 1.54) is 23.8 Å². The van der Waals surface area contributed by atoms with Gasteiger partial charge in [-0.15, -0.1) is 0 Å². The number of carbonyl (C=O) groups is 2. The van der Waals surface area contributed by atoms with E-state index >= 15 is 0 Å². The van der Waals surface area contributed by atoms with Gasteiger partial charge in [0.15, 0.2) is 0 Å². The van der Waals surface area contributed by atoms with Crippen molar-refractivity contribution in [3.63, 3.8) is 0 Å². The van der Waals surface area contributed by atoms with Gasteiger partial charge >= 0.3 is 5.97 Å². The highest BCUT2D eigenvalue weighted by molar-refractivity contribution is 8.04. The molecular weight excluding hydrogens is 278 g/mol. The molecule has 1 aliphatic heterocycles. The third-order valence-corrected chi connectivity index (χ3v) is 4.77. The molecule has 6 heteroatoms. The Kier molecular flexibility index (Phi) is 5.04. The number of hydrogen-bond acceptors (Lipinski definition) is 5. The number of rotatable bonds is 4. The highest BCUT2D eigenvalue weighted by Gasteiger charge is 2.33. The minimum absolute atomic E-state index is 0.0486. The lowest BCUT2D eigenvalue weighted by Gasteiger charge is -2.12. The minimum Gasteiger partial charge on any atom is -0.469 e. The number of amides is 1. The van der Waals surface area contributed by atoms with Gasteiger partial charge in [-0.25, -0.2) is 4.79 Å². The van der Waals surface area contributed by atoms with E-state index in [0.717, 1.165) is 31.3 Å². The fourth-order valence-corrected chi connectivity index (χ4v) is 3.80. The second-order valence-corrected chi connectivity index (χ2v) is 5.97. The van der Waals surface area contributed by atoms with Crippen molar-refractivity contribution in [2.45, 2.75) is 43.9 Å². The standard InChI is InChI=1S/C14H17NO4S/c1-19-13(18)7-6-12(17)15-14-10(8-16)9-4-2-3-5-11(9)20-14/h14H,2-7H2,1H3,(H,15,17). The molecule has 0 fully saturated rings. The summed E-state index contributed by atoms with van der Waals surface area (Å²) in [5, 5.41) is 2.44. The van der Waals surface area contributed by atoms with E-state index in [1.54, 1.807) is 0 Å². The van der Waals surface area contributed by atoms with Gasteiger partial charge in [-0.05, 0) is 36.2 Å². The van der Waals surface area contributed by atoms with Gasteiger partial charge in [0.25, 0.3) is 0 Å². The Morgan fingerprint density at radius 1 is 1.35 bits per heavy atom. The summed E-state index contributed by atoms with van der Waals surface area (Å²) in [7, 11) is 1.29. The van der Waals surface area contributed by atoms with Crippen LogP contribution in [0.2, 0.25) is 0 Å². The average Bonchev–Trinajstić information content (AvgIpc) is 2.81. The Morgan fingerprint density at radius 2 is 2.10 bits per heavy atom. The first kappa shape index (κ1) is 14.9. The maximum Gasteiger partial charge on any atom is 0.306 e. The van der Waals surface area contributed by atoms with Gasteiger partial charge < -0.3 is 10.1 Å². The van der Waals surface area contributed by atoms with E-state index in [0.29, 0.717) is 5.57 Å². The largest absolute Gasteiger partial charge is 0.469 e. The van der Waals surface area contributed by atoms with Gasteiger partial charge in [0.05, 0.1) is 19.1 Å². The zero-order valence-electron chi connectivity index (χ0n) is 11.4. The molecule has 1 aliphatic carbocycles.